The van der Waals surface area contributed by atoms with Crippen LogP contribution in [0.25, 0.3) is 27.2 Å². The van der Waals surface area contributed by atoms with Crippen molar-refractivity contribution in [3.05, 3.63) is 84.4 Å². The van der Waals surface area contributed by atoms with Gasteiger partial charge in [0.15, 0.2) is 0 Å². The zero-order valence-electron chi connectivity index (χ0n) is 16.2. The van der Waals surface area contributed by atoms with Gasteiger partial charge in [-0.3, -0.25) is 0 Å². The summed E-state index contributed by atoms with van der Waals surface area (Å²) in [4.78, 5) is 0. The van der Waals surface area contributed by atoms with Gasteiger partial charge in [0, 0.05) is 10.9 Å². The Morgan fingerprint density at radius 1 is 0.867 bits per heavy atom. The molecule has 5 aromatic rings. The number of fused-ring (bicyclic) bond motifs is 2. The van der Waals surface area contributed by atoms with Crippen molar-refractivity contribution in [1.82, 2.24) is 20.2 Å². The SMILES string of the molecule is COc1ccc2ccccc2c1/C=N\Nc1nnnn1-c1cccc2ccccc12. The Bertz CT molecular complexity index is 1370. The summed E-state index contributed by atoms with van der Waals surface area (Å²) < 4.78 is 7.16. The van der Waals surface area contributed by atoms with Crippen LogP contribution in [0.5, 0.6) is 5.75 Å². The number of aromatic nitrogens is 4. The zero-order chi connectivity index (χ0) is 20.3. The molecule has 7 heteroatoms. The van der Waals surface area contributed by atoms with Crippen molar-refractivity contribution < 1.29 is 4.74 Å². The fourth-order valence-corrected chi connectivity index (χ4v) is 3.55. The highest BCUT2D eigenvalue weighted by Crippen LogP contribution is 2.27. The molecule has 0 aliphatic carbocycles. The second kappa shape index (κ2) is 7.63. The third-order valence-electron chi connectivity index (χ3n) is 4.97. The number of rotatable bonds is 5. The Balaban J connectivity index is 1.50. The van der Waals surface area contributed by atoms with E-state index < -0.39 is 0 Å². The number of nitrogens with zero attached hydrogens (tertiary/aromatic N) is 5. The smallest absolute Gasteiger partial charge is 0.268 e. The molecule has 0 amide bonds. The number of anilines is 1. The molecule has 0 unspecified atom stereocenters. The minimum atomic E-state index is 0.418. The third kappa shape index (κ3) is 3.12. The first-order valence-electron chi connectivity index (χ1n) is 9.46. The van der Waals surface area contributed by atoms with Crippen molar-refractivity contribution in [3.8, 4) is 11.4 Å². The Labute approximate surface area is 172 Å². The van der Waals surface area contributed by atoms with E-state index in [1.807, 2.05) is 60.7 Å². The number of hydrogen-bond donors (Lipinski definition) is 1. The summed E-state index contributed by atoms with van der Waals surface area (Å²) in [6.45, 7) is 0. The van der Waals surface area contributed by atoms with Gasteiger partial charge >= 0.3 is 0 Å². The van der Waals surface area contributed by atoms with Gasteiger partial charge in [0.25, 0.3) is 5.95 Å². The van der Waals surface area contributed by atoms with Crippen molar-refractivity contribution in [2.45, 2.75) is 0 Å². The van der Waals surface area contributed by atoms with E-state index in [0.717, 1.165) is 38.5 Å². The average molecular weight is 394 g/mol. The van der Waals surface area contributed by atoms with Crippen molar-refractivity contribution in [1.29, 1.82) is 0 Å². The van der Waals surface area contributed by atoms with Gasteiger partial charge in [-0.1, -0.05) is 71.8 Å². The minimum Gasteiger partial charge on any atom is -0.496 e. The highest BCUT2D eigenvalue weighted by Gasteiger charge is 2.11. The van der Waals surface area contributed by atoms with E-state index in [-0.39, 0.29) is 0 Å². The monoisotopic (exact) mass is 394 g/mol. The quantitative estimate of drug-likeness (QED) is 0.353. The van der Waals surface area contributed by atoms with E-state index in [9.17, 15) is 0 Å². The van der Waals surface area contributed by atoms with E-state index in [4.69, 9.17) is 4.74 Å². The molecule has 146 valence electrons. The van der Waals surface area contributed by atoms with Crippen LogP contribution in [0.1, 0.15) is 5.56 Å². The van der Waals surface area contributed by atoms with Crippen LogP contribution in [0.15, 0.2) is 84.0 Å². The standard InChI is InChI=1S/C23H18N6O/c1-30-22-14-13-17-8-2-4-10-18(17)20(22)15-24-25-23-26-27-28-29(23)21-12-6-9-16-7-3-5-11-19(16)21/h2-15H,1H3,(H,25,26,28)/b24-15-. The summed E-state index contributed by atoms with van der Waals surface area (Å²) in [7, 11) is 1.65. The summed E-state index contributed by atoms with van der Waals surface area (Å²) in [5, 5.41) is 20.8. The highest BCUT2D eigenvalue weighted by atomic mass is 16.5. The number of methoxy groups -OCH3 is 1. The van der Waals surface area contributed by atoms with E-state index in [2.05, 4.69) is 44.3 Å². The maximum absolute atomic E-state index is 5.52. The fraction of sp³-hybridized carbons (Fsp3) is 0.0435. The number of ether oxygens (including phenoxy) is 1. The largest absolute Gasteiger partial charge is 0.496 e. The summed E-state index contributed by atoms with van der Waals surface area (Å²) in [6.07, 6.45) is 1.73. The molecule has 0 aliphatic rings. The van der Waals surface area contributed by atoms with Crippen molar-refractivity contribution in [2.75, 3.05) is 12.5 Å². The molecule has 1 aromatic heterocycles. The molecule has 4 aromatic carbocycles. The van der Waals surface area contributed by atoms with Gasteiger partial charge in [0.1, 0.15) is 5.75 Å². The highest BCUT2D eigenvalue weighted by molar-refractivity contribution is 6.02. The molecule has 0 bridgehead atoms. The predicted molar refractivity (Wildman–Crippen MR) is 118 cm³/mol. The second-order valence-electron chi connectivity index (χ2n) is 6.69. The molecule has 0 radical (unpaired) electrons. The Morgan fingerprint density at radius 3 is 2.43 bits per heavy atom. The molecule has 30 heavy (non-hydrogen) atoms. The maximum atomic E-state index is 5.52. The van der Waals surface area contributed by atoms with Crippen LogP contribution in [0.3, 0.4) is 0 Å². The van der Waals surface area contributed by atoms with Gasteiger partial charge in [-0.15, -0.1) is 0 Å². The molecule has 0 atom stereocenters. The lowest BCUT2D eigenvalue weighted by atomic mass is 10.0. The topological polar surface area (TPSA) is 77.2 Å². The Kier molecular flexibility index (Phi) is 4.53. The van der Waals surface area contributed by atoms with Gasteiger partial charge in [-0.25, -0.2) is 5.43 Å². The molecule has 1 heterocycles. The van der Waals surface area contributed by atoms with Crippen LogP contribution in [0, 0.1) is 0 Å². The first kappa shape index (κ1) is 17.8. The number of hydrazone groups is 1. The maximum Gasteiger partial charge on any atom is 0.268 e. The molecule has 7 nitrogen and oxygen atoms in total. The summed E-state index contributed by atoms with van der Waals surface area (Å²) in [6, 6.07) is 26.2. The Hall–Kier alpha value is -4.26. The summed E-state index contributed by atoms with van der Waals surface area (Å²) >= 11 is 0. The molecule has 0 aliphatic heterocycles. The first-order valence-corrected chi connectivity index (χ1v) is 9.46. The molecular weight excluding hydrogens is 376 g/mol. The summed E-state index contributed by atoms with van der Waals surface area (Å²) in [5.74, 6) is 1.16. The van der Waals surface area contributed by atoms with Gasteiger partial charge in [0.2, 0.25) is 0 Å². The van der Waals surface area contributed by atoms with E-state index in [1.54, 1.807) is 18.0 Å². The van der Waals surface area contributed by atoms with Crippen molar-refractivity contribution in [2.24, 2.45) is 5.10 Å². The fourth-order valence-electron chi connectivity index (χ4n) is 3.55. The molecule has 5 rings (SSSR count). The predicted octanol–water partition coefficient (Wildman–Crippen LogP) is 4.42. The zero-order valence-corrected chi connectivity index (χ0v) is 16.2. The average Bonchev–Trinajstić information content (AvgIpc) is 3.27. The van der Waals surface area contributed by atoms with Gasteiger partial charge < -0.3 is 4.74 Å². The van der Waals surface area contributed by atoms with Gasteiger partial charge in [-0.05, 0) is 38.7 Å². The van der Waals surface area contributed by atoms with E-state index >= 15 is 0 Å². The molecular formula is C23H18N6O. The number of tetrazole rings is 1. The lowest BCUT2D eigenvalue weighted by Crippen LogP contribution is -2.04. The van der Waals surface area contributed by atoms with Crippen LogP contribution >= 0.6 is 0 Å². The Morgan fingerprint density at radius 2 is 1.60 bits per heavy atom. The number of benzene rings is 4. The van der Waals surface area contributed by atoms with Crippen LogP contribution in [-0.2, 0) is 0 Å². The van der Waals surface area contributed by atoms with Gasteiger partial charge in [0.05, 0.1) is 19.0 Å². The molecule has 0 fully saturated rings. The van der Waals surface area contributed by atoms with E-state index in [1.165, 1.54) is 0 Å². The molecule has 1 N–H and O–H groups in total. The van der Waals surface area contributed by atoms with Crippen LogP contribution in [-0.4, -0.2) is 33.5 Å². The molecule has 0 saturated heterocycles. The molecule has 0 saturated carbocycles. The van der Waals surface area contributed by atoms with Crippen LogP contribution in [0.4, 0.5) is 5.95 Å². The lowest BCUT2D eigenvalue weighted by molar-refractivity contribution is 0.415. The summed E-state index contributed by atoms with van der Waals surface area (Å²) in [5.41, 5.74) is 4.72. The lowest BCUT2D eigenvalue weighted by Gasteiger charge is -2.09. The third-order valence-corrected chi connectivity index (χ3v) is 4.97. The second-order valence-corrected chi connectivity index (χ2v) is 6.69. The molecule has 0 spiro atoms. The van der Waals surface area contributed by atoms with Crippen LogP contribution in [0.2, 0.25) is 0 Å². The minimum absolute atomic E-state index is 0.418. The van der Waals surface area contributed by atoms with Crippen molar-refractivity contribution >= 4 is 33.7 Å². The number of hydrogen-bond acceptors (Lipinski definition) is 6. The van der Waals surface area contributed by atoms with E-state index in [0.29, 0.717) is 5.95 Å². The normalized spacial score (nSPS) is 11.4. The van der Waals surface area contributed by atoms with Gasteiger partial charge in [-0.2, -0.15) is 9.78 Å². The number of nitrogens with one attached hydrogen (secondary N) is 1. The first-order chi connectivity index (χ1) is 14.8. The van der Waals surface area contributed by atoms with Crippen molar-refractivity contribution in [3.63, 3.8) is 0 Å². The van der Waals surface area contributed by atoms with Crippen LogP contribution < -0.4 is 10.2 Å².